The molecule has 0 saturated heterocycles. The number of fused-ring (bicyclic) bond motifs is 1. The monoisotopic (exact) mass is 246 g/mol. The van der Waals surface area contributed by atoms with E-state index in [2.05, 4.69) is 16.4 Å². The average Bonchev–Trinajstić information content (AvgIpc) is 2.75. The van der Waals surface area contributed by atoms with Gasteiger partial charge in [0.2, 0.25) is 0 Å². The van der Waals surface area contributed by atoms with Crippen LogP contribution >= 0.6 is 11.3 Å². The Hall–Kier alpha value is -1.55. The van der Waals surface area contributed by atoms with Crippen molar-refractivity contribution in [2.75, 3.05) is 11.9 Å². The molecule has 2 aromatic rings. The molecule has 4 heteroatoms. The van der Waals surface area contributed by atoms with Gasteiger partial charge in [-0.25, -0.2) is 4.98 Å². The Morgan fingerprint density at radius 3 is 3.18 bits per heavy atom. The zero-order chi connectivity index (χ0) is 11.7. The molecule has 0 radical (unpaired) electrons. The van der Waals surface area contributed by atoms with E-state index in [0.29, 0.717) is 5.19 Å². The molecular weight excluding hydrogens is 232 g/mol. The molecule has 88 valence electrons. The van der Waals surface area contributed by atoms with Gasteiger partial charge in [0, 0.05) is 11.9 Å². The minimum atomic E-state index is 0.711. The van der Waals surface area contributed by atoms with Crippen LogP contribution in [0.5, 0.6) is 10.9 Å². The Kier molecular flexibility index (Phi) is 2.73. The van der Waals surface area contributed by atoms with Gasteiger partial charge in [0.25, 0.3) is 5.19 Å². The van der Waals surface area contributed by atoms with Crippen molar-refractivity contribution in [1.82, 2.24) is 4.98 Å². The summed E-state index contributed by atoms with van der Waals surface area (Å²) < 4.78 is 5.84. The molecule has 0 saturated carbocycles. The highest BCUT2D eigenvalue weighted by atomic mass is 32.1. The fourth-order valence-corrected chi connectivity index (χ4v) is 2.69. The fraction of sp³-hybridized carbons (Fsp3) is 0.308. The van der Waals surface area contributed by atoms with E-state index in [9.17, 15) is 0 Å². The van der Waals surface area contributed by atoms with Crippen molar-refractivity contribution in [3.8, 4) is 10.9 Å². The molecule has 0 fully saturated rings. The van der Waals surface area contributed by atoms with E-state index in [4.69, 9.17) is 4.74 Å². The summed E-state index contributed by atoms with van der Waals surface area (Å²) in [4.78, 5) is 4.32. The topological polar surface area (TPSA) is 34.1 Å². The van der Waals surface area contributed by atoms with E-state index in [1.54, 1.807) is 0 Å². The first kappa shape index (κ1) is 10.6. The first-order valence-corrected chi connectivity index (χ1v) is 6.66. The molecular formula is C13H14N2OS. The Balaban J connectivity index is 1.92. The molecule has 0 bridgehead atoms. The third kappa shape index (κ3) is 2.13. The maximum absolute atomic E-state index is 5.84. The summed E-state index contributed by atoms with van der Waals surface area (Å²) in [6.07, 6.45) is 2.31. The molecule has 0 aliphatic carbocycles. The van der Waals surface area contributed by atoms with Crippen LogP contribution in [0.4, 0.5) is 5.69 Å². The summed E-state index contributed by atoms with van der Waals surface area (Å²) in [5, 5.41) is 6.12. The van der Waals surface area contributed by atoms with Gasteiger partial charge in [-0.3, -0.25) is 0 Å². The van der Waals surface area contributed by atoms with Gasteiger partial charge in [0.05, 0.1) is 11.4 Å². The first-order valence-electron chi connectivity index (χ1n) is 5.79. The predicted molar refractivity (Wildman–Crippen MR) is 70.2 cm³/mol. The van der Waals surface area contributed by atoms with Crippen LogP contribution in [0.25, 0.3) is 0 Å². The van der Waals surface area contributed by atoms with Crippen LogP contribution in [0.3, 0.4) is 0 Å². The molecule has 0 spiro atoms. The number of hydrogen-bond acceptors (Lipinski definition) is 4. The second-order valence-electron chi connectivity index (χ2n) is 4.18. The smallest absolute Gasteiger partial charge is 0.278 e. The van der Waals surface area contributed by atoms with Gasteiger partial charge in [-0.15, -0.1) is 0 Å². The summed E-state index contributed by atoms with van der Waals surface area (Å²) in [7, 11) is 0. The summed E-state index contributed by atoms with van der Waals surface area (Å²) in [6.45, 7) is 2.99. The molecule has 1 aliphatic heterocycles. The summed E-state index contributed by atoms with van der Waals surface area (Å²) in [5.41, 5.74) is 3.47. The second kappa shape index (κ2) is 4.37. The maximum atomic E-state index is 5.84. The molecule has 1 aliphatic rings. The Morgan fingerprint density at radius 2 is 2.35 bits per heavy atom. The minimum Gasteiger partial charge on any atom is -0.429 e. The SMILES string of the molecule is Cc1csc(Oc2cccc3c2NCCC3)n1. The third-order valence-electron chi connectivity index (χ3n) is 2.83. The molecule has 1 aromatic carbocycles. The quantitative estimate of drug-likeness (QED) is 0.879. The van der Waals surface area contributed by atoms with E-state index >= 15 is 0 Å². The van der Waals surface area contributed by atoms with Crippen LogP contribution in [0.2, 0.25) is 0 Å². The second-order valence-corrected chi connectivity index (χ2v) is 5.00. The third-order valence-corrected chi connectivity index (χ3v) is 3.67. The van der Waals surface area contributed by atoms with Crippen molar-refractivity contribution in [3.63, 3.8) is 0 Å². The maximum Gasteiger partial charge on any atom is 0.278 e. The van der Waals surface area contributed by atoms with Gasteiger partial charge in [-0.1, -0.05) is 23.5 Å². The lowest BCUT2D eigenvalue weighted by molar-refractivity contribution is 0.478. The van der Waals surface area contributed by atoms with Gasteiger partial charge in [0.15, 0.2) is 5.75 Å². The highest BCUT2D eigenvalue weighted by Crippen LogP contribution is 2.35. The van der Waals surface area contributed by atoms with E-state index in [0.717, 1.165) is 30.1 Å². The standard InChI is InChI=1S/C13H14N2OS/c1-9-8-17-13(15-9)16-11-6-2-4-10-5-3-7-14-12(10)11/h2,4,6,8,14H,3,5,7H2,1H3. The van der Waals surface area contributed by atoms with Gasteiger partial charge in [0.1, 0.15) is 0 Å². The van der Waals surface area contributed by atoms with E-state index in [1.807, 2.05) is 24.4 Å². The lowest BCUT2D eigenvalue weighted by Gasteiger charge is -2.20. The number of nitrogens with one attached hydrogen (secondary N) is 1. The Morgan fingerprint density at radius 1 is 1.41 bits per heavy atom. The number of anilines is 1. The van der Waals surface area contributed by atoms with Gasteiger partial charge >= 0.3 is 0 Å². The molecule has 17 heavy (non-hydrogen) atoms. The Bertz CT molecular complexity index is 536. The lowest BCUT2D eigenvalue weighted by Crippen LogP contribution is -2.12. The molecule has 1 aromatic heterocycles. The number of rotatable bonds is 2. The summed E-state index contributed by atoms with van der Waals surface area (Å²) >= 11 is 1.53. The number of thiazole rings is 1. The average molecular weight is 246 g/mol. The zero-order valence-electron chi connectivity index (χ0n) is 9.69. The van der Waals surface area contributed by atoms with Gasteiger partial charge < -0.3 is 10.1 Å². The highest BCUT2D eigenvalue weighted by Gasteiger charge is 2.14. The highest BCUT2D eigenvalue weighted by molar-refractivity contribution is 7.11. The summed E-state index contributed by atoms with van der Waals surface area (Å²) in [6, 6.07) is 6.19. The number of hydrogen-bond donors (Lipinski definition) is 1. The minimum absolute atomic E-state index is 0.711. The summed E-state index contributed by atoms with van der Waals surface area (Å²) in [5.74, 6) is 0.886. The van der Waals surface area contributed by atoms with Crippen LogP contribution in [-0.4, -0.2) is 11.5 Å². The first-order chi connectivity index (χ1) is 8.33. The van der Waals surface area contributed by atoms with Crippen molar-refractivity contribution in [2.45, 2.75) is 19.8 Å². The predicted octanol–water partition coefficient (Wildman–Crippen LogP) is 3.60. The van der Waals surface area contributed by atoms with Crippen molar-refractivity contribution >= 4 is 17.0 Å². The van der Waals surface area contributed by atoms with Crippen LogP contribution < -0.4 is 10.1 Å². The number of ether oxygens (including phenoxy) is 1. The zero-order valence-corrected chi connectivity index (χ0v) is 10.5. The van der Waals surface area contributed by atoms with Gasteiger partial charge in [-0.05, 0) is 31.4 Å². The fourth-order valence-electron chi connectivity index (χ4n) is 2.04. The molecule has 1 N–H and O–H groups in total. The van der Waals surface area contributed by atoms with Crippen molar-refractivity contribution in [1.29, 1.82) is 0 Å². The van der Waals surface area contributed by atoms with Crippen molar-refractivity contribution < 1.29 is 4.74 Å². The van der Waals surface area contributed by atoms with Crippen LogP contribution in [0.1, 0.15) is 17.7 Å². The van der Waals surface area contributed by atoms with Crippen molar-refractivity contribution in [3.05, 3.63) is 34.8 Å². The van der Waals surface area contributed by atoms with Gasteiger partial charge in [-0.2, -0.15) is 0 Å². The van der Waals surface area contributed by atoms with Crippen LogP contribution in [-0.2, 0) is 6.42 Å². The number of aromatic nitrogens is 1. The molecule has 0 amide bonds. The Labute approximate surface area is 104 Å². The molecule has 0 atom stereocenters. The lowest BCUT2D eigenvalue weighted by atomic mass is 10.0. The number of nitrogens with zero attached hydrogens (tertiary/aromatic N) is 1. The molecule has 2 heterocycles. The largest absolute Gasteiger partial charge is 0.429 e. The van der Waals surface area contributed by atoms with E-state index in [-0.39, 0.29) is 0 Å². The number of para-hydroxylation sites is 1. The molecule has 0 unspecified atom stereocenters. The van der Waals surface area contributed by atoms with E-state index in [1.165, 1.54) is 23.3 Å². The van der Waals surface area contributed by atoms with Crippen molar-refractivity contribution in [2.24, 2.45) is 0 Å². The molecule has 3 rings (SSSR count). The normalized spacial score (nSPS) is 13.9. The number of benzene rings is 1. The number of aryl methyl sites for hydroxylation is 2. The molecule has 3 nitrogen and oxygen atoms in total. The van der Waals surface area contributed by atoms with Crippen LogP contribution in [0.15, 0.2) is 23.6 Å². The van der Waals surface area contributed by atoms with E-state index < -0.39 is 0 Å². The van der Waals surface area contributed by atoms with Crippen LogP contribution in [0, 0.1) is 6.92 Å².